The largest absolute Gasteiger partial charge is 0.478 e. The zero-order valence-electron chi connectivity index (χ0n) is 14.5. The van der Waals surface area contributed by atoms with Crippen molar-refractivity contribution in [2.24, 2.45) is 0 Å². The molecule has 1 aliphatic heterocycles. The van der Waals surface area contributed by atoms with E-state index in [4.69, 9.17) is 5.11 Å². The zero-order chi connectivity index (χ0) is 19.7. The molecule has 4 rings (SSSR count). The number of imide groups is 1. The van der Waals surface area contributed by atoms with Crippen molar-refractivity contribution < 1.29 is 19.5 Å². The standard InChI is InChI=1S/C21H14N2O4S/c24-19-18(28-21(27)23(19)16-5-2-1-3-6-16)13-17-7-4-12-22(17)15-10-8-14(9-11-15)20(25)26/h1-13H,(H,25,26)/b18-13+. The van der Waals surface area contributed by atoms with Crippen LogP contribution in [0.2, 0.25) is 0 Å². The van der Waals surface area contributed by atoms with Gasteiger partial charge in [-0.15, -0.1) is 0 Å². The molecule has 138 valence electrons. The van der Waals surface area contributed by atoms with E-state index >= 15 is 0 Å². The second-order valence-corrected chi connectivity index (χ2v) is 7.00. The maximum Gasteiger partial charge on any atom is 0.335 e. The molecule has 0 unspecified atom stereocenters. The number of carboxylic acid groups (broad SMARTS) is 1. The van der Waals surface area contributed by atoms with Gasteiger partial charge in [-0.05, 0) is 66.4 Å². The smallest absolute Gasteiger partial charge is 0.335 e. The van der Waals surface area contributed by atoms with E-state index in [0.29, 0.717) is 16.3 Å². The van der Waals surface area contributed by atoms with Crippen LogP contribution >= 0.6 is 11.8 Å². The third-order valence-corrected chi connectivity index (χ3v) is 5.13. The monoisotopic (exact) mass is 390 g/mol. The fourth-order valence-electron chi connectivity index (χ4n) is 2.91. The van der Waals surface area contributed by atoms with Crippen LogP contribution in [0.1, 0.15) is 16.1 Å². The van der Waals surface area contributed by atoms with Crippen LogP contribution in [0.5, 0.6) is 0 Å². The highest BCUT2D eigenvalue weighted by Crippen LogP contribution is 2.35. The number of carboxylic acids is 1. The number of aromatic carboxylic acids is 1. The van der Waals surface area contributed by atoms with Crippen LogP contribution < -0.4 is 4.90 Å². The summed E-state index contributed by atoms with van der Waals surface area (Å²) in [6.45, 7) is 0. The van der Waals surface area contributed by atoms with E-state index in [1.165, 1.54) is 12.1 Å². The fraction of sp³-hybridized carbons (Fsp3) is 0. The molecular weight excluding hydrogens is 376 g/mol. The molecule has 7 heteroatoms. The molecule has 1 aromatic heterocycles. The quantitative estimate of drug-likeness (QED) is 0.667. The molecule has 0 radical (unpaired) electrons. The number of benzene rings is 2. The molecule has 2 amide bonds. The van der Waals surface area contributed by atoms with Crippen molar-refractivity contribution in [3.63, 3.8) is 0 Å². The third kappa shape index (κ3) is 3.23. The summed E-state index contributed by atoms with van der Waals surface area (Å²) in [5.74, 6) is -1.36. The number of para-hydroxylation sites is 1. The molecule has 0 bridgehead atoms. The summed E-state index contributed by atoms with van der Waals surface area (Å²) >= 11 is 0.893. The molecule has 1 aliphatic rings. The predicted octanol–water partition coefficient (Wildman–Crippen LogP) is 4.42. The first-order valence-corrected chi connectivity index (χ1v) is 9.20. The number of amides is 2. The topological polar surface area (TPSA) is 79.6 Å². The van der Waals surface area contributed by atoms with Crippen molar-refractivity contribution in [3.8, 4) is 5.69 Å². The first kappa shape index (κ1) is 17.8. The summed E-state index contributed by atoms with van der Waals surface area (Å²) in [6.07, 6.45) is 3.47. The summed E-state index contributed by atoms with van der Waals surface area (Å²) in [7, 11) is 0. The van der Waals surface area contributed by atoms with Gasteiger partial charge < -0.3 is 9.67 Å². The predicted molar refractivity (Wildman–Crippen MR) is 108 cm³/mol. The Bertz CT molecular complexity index is 1100. The Labute approximate surface area is 164 Å². The van der Waals surface area contributed by atoms with Crippen molar-refractivity contribution in [3.05, 3.63) is 89.1 Å². The average molecular weight is 390 g/mol. The summed E-state index contributed by atoms with van der Waals surface area (Å²) in [4.78, 5) is 37.6. The van der Waals surface area contributed by atoms with Gasteiger partial charge >= 0.3 is 5.97 Å². The molecule has 0 spiro atoms. The van der Waals surface area contributed by atoms with E-state index in [9.17, 15) is 14.4 Å². The van der Waals surface area contributed by atoms with E-state index in [1.807, 2.05) is 29.0 Å². The van der Waals surface area contributed by atoms with Crippen LogP contribution in [0.4, 0.5) is 10.5 Å². The Morgan fingerprint density at radius 2 is 1.61 bits per heavy atom. The average Bonchev–Trinajstić information content (AvgIpc) is 3.27. The van der Waals surface area contributed by atoms with Gasteiger partial charge in [0.25, 0.3) is 11.1 Å². The molecule has 1 N–H and O–H groups in total. The van der Waals surface area contributed by atoms with Gasteiger partial charge in [-0.2, -0.15) is 0 Å². The summed E-state index contributed by atoms with van der Waals surface area (Å²) < 4.78 is 1.82. The zero-order valence-corrected chi connectivity index (χ0v) is 15.3. The number of aromatic nitrogens is 1. The SMILES string of the molecule is O=C(O)c1ccc(-n2cccc2/C=C2/SC(=O)N(c3ccccc3)C2=O)cc1. The van der Waals surface area contributed by atoms with Crippen LogP contribution in [0.3, 0.4) is 0 Å². The number of thioether (sulfide) groups is 1. The van der Waals surface area contributed by atoms with Crippen molar-refractivity contribution in [2.75, 3.05) is 4.90 Å². The van der Waals surface area contributed by atoms with Gasteiger partial charge in [0.15, 0.2) is 0 Å². The Hall–Kier alpha value is -3.58. The van der Waals surface area contributed by atoms with Crippen LogP contribution in [0.15, 0.2) is 77.8 Å². The number of hydrogen-bond acceptors (Lipinski definition) is 4. The number of carbonyl (C=O) groups excluding carboxylic acids is 2. The highest BCUT2D eigenvalue weighted by Gasteiger charge is 2.36. The number of anilines is 1. The van der Waals surface area contributed by atoms with Gasteiger partial charge in [-0.3, -0.25) is 9.59 Å². The summed E-state index contributed by atoms with van der Waals surface area (Å²) in [5, 5.41) is 8.69. The lowest BCUT2D eigenvalue weighted by Gasteiger charge is -2.11. The van der Waals surface area contributed by atoms with Gasteiger partial charge in [0.1, 0.15) is 0 Å². The van der Waals surface area contributed by atoms with E-state index in [-0.39, 0.29) is 16.7 Å². The van der Waals surface area contributed by atoms with Gasteiger partial charge in [0.05, 0.1) is 16.2 Å². The number of hydrogen-bond donors (Lipinski definition) is 1. The molecule has 0 atom stereocenters. The number of carbonyl (C=O) groups is 3. The van der Waals surface area contributed by atoms with Crippen LogP contribution in [0, 0.1) is 0 Å². The van der Waals surface area contributed by atoms with Crippen molar-refractivity contribution in [2.45, 2.75) is 0 Å². The number of rotatable bonds is 4. The van der Waals surface area contributed by atoms with E-state index < -0.39 is 5.97 Å². The van der Waals surface area contributed by atoms with Gasteiger partial charge in [0.2, 0.25) is 0 Å². The minimum atomic E-state index is -0.992. The van der Waals surface area contributed by atoms with Crippen LogP contribution in [-0.2, 0) is 4.79 Å². The molecule has 28 heavy (non-hydrogen) atoms. The molecule has 6 nitrogen and oxygen atoms in total. The second-order valence-electron chi connectivity index (χ2n) is 6.01. The van der Waals surface area contributed by atoms with Crippen LogP contribution in [-0.4, -0.2) is 26.8 Å². The highest BCUT2D eigenvalue weighted by atomic mass is 32.2. The molecule has 3 aromatic rings. The maximum atomic E-state index is 12.8. The molecular formula is C21H14N2O4S. The van der Waals surface area contributed by atoms with Crippen molar-refractivity contribution >= 4 is 40.6 Å². The highest BCUT2D eigenvalue weighted by molar-refractivity contribution is 8.19. The second kappa shape index (κ2) is 7.21. The number of nitrogens with zero attached hydrogens (tertiary/aromatic N) is 2. The summed E-state index contributed by atoms with van der Waals surface area (Å²) in [5.41, 5.74) is 2.19. The molecule has 0 saturated carbocycles. The maximum absolute atomic E-state index is 12.8. The van der Waals surface area contributed by atoms with E-state index in [0.717, 1.165) is 22.3 Å². The van der Waals surface area contributed by atoms with Gasteiger partial charge in [0, 0.05) is 17.6 Å². The lowest BCUT2D eigenvalue weighted by atomic mass is 10.2. The molecule has 2 heterocycles. The normalized spacial score (nSPS) is 15.4. The Balaban J connectivity index is 1.66. The van der Waals surface area contributed by atoms with Crippen molar-refractivity contribution in [1.82, 2.24) is 4.57 Å². The molecule has 0 aliphatic carbocycles. The van der Waals surface area contributed by atoms with Gasteiger partial charge in [-0.1, -0.05) is 18.2 Å². The van der Waals surface area contributed by atoms with E-state index in [2.05, 4.69) is 0 Å². The van der Waals surface area contributed by atoms with Crippen molar-refractivity contribution in [1.29, 1.82) is 0 Å². The minimum Gasteiger partial charge on any atom is -0.478 e. The first-order valence-electron chi connectivity index (χ1n) is 8.39. The minimum absolute atomic E-state index is 0.196. The molecule has 1 saturated heterocycles. The van der Waals surface area contributed by atoms with Gasteiger partial charge in [-0.25, -0.2) is 9.69 Å². The Kier molecular flexibility index (Phi) is 4.58. The Morgan fingerprint density at radius 1 is 0.893 bits per heavy atom. The first-order chi connectivity index (χ1) is 13.5. The van der Waals surface area contributed by atoms with Crippen LogP contribution in [0.25, 0.3) is 11.8 Å². The lowest BCUT2D eigenvalue weighted by molar-refractivity contribution is -0.113. The lowest BCUT2D eigenvalue weighted by Crippen LogP contribution is -2.27. The molecule has 1 fully saturated rings. The fourth-order valence-corrected chi connectivity index (χ4v) is 3.74. The summed E-state index contributed by atoms with van der Waals surface area (Å²) in [6, 6.07) is 18.9. The third-order valence-electron chi connectivity index (χ3n) is 4.26. The Morgan fingerprint density at radius 3 is 2.29 bits per heavy atom. The molecule has 2 aromatic carbocycles. The van der Waals surface area contributed by atoms with E-state index in [1.54, 1.807) is 42.5 Å².